The average Bonchev–Trinajstić information content (AvgIpc) is 3.76. The third kappa shape index (κ3) is 6.08. The molecule has 3 aromatic carbocycles. The van der Waals surface area contributed by atoms with Crippen LogP contribution in [0.15, 0.2) is 72.8 Å². The third-order valence-electron chi connectivity index (χ3n) is 5.29. The molecule has 2 unspecified atom stereocenters. The van der Waals surface area contributed by atoms with Gasteiger partial charge in [-0.1, -0.05) is 48.5 Å². The van der Waals surface area contributed by atoms with Crippen LogP contribution >= 0.6 is 0 Å². The minimum atomic E-state index is 0.236. The summed E-state index contributed by atoms with van der Waals surface area (Å²) in [5.74, 6) is 1.58. The fourth-order valence-electron chi connectivity index (χ4n) is 3.25. The van der Waals surface area contributed by atoms with E-state index in [2.05, 4.69) is 48.5 Å². The van der Waals surface area contributed by atoms with E-state index in [1.165, 1.54) is 0 Å². The highest BCUT2D eigenvalue weighted by molar-refractivity contribution is 5.71. The zero-order chi connectivity index (χ0) is 21.6. The first kappa shape index (κ1) is 21.0. The van der Waals surface area contributed by atoms with Crippen molar-refractivity contribution in [2.45, 2.75) is 12.2 Å². The highest BCUT2D eigenvalue weighted by atomic mass is 16.7. The van der Waals surface area contributed by atoms with Crippen LogP contribution in [0, 0.1) is 0 Å². The van der Waals surface area contributed by atoms with E-state index in [1.54, 1.807) is 0 Å². The van der Waals surface area contributed by atoms with Crippen LogP contribution in [0.25, 0.3) is 22.3 Å². The molecule has 32 heavy (non-hydrogen) atoms. The van der Waals surface area contributed by atoms with Gasteiger partial charge in [-0.05, 0) is 46.5 Å². The molecule has 0 amide bonds. The quantitative estimate of drug-likeness (QED) is 0.237. The van der Waals surface area contributed by atoms with Gasteiger partial charge in [-0.3, -0.25) is 0 Å². The van der Waals surface area contributed by atoms with Crippen molar-refractivity contribution in [3.8, 4) is 33.8 Å². The minimum Gasteiger partial charge on any atom is -0.468 e. The predicted molar refractivity (Wildman–Crippen MR) is 120 cm³/mol. The van der Waals surface area contributed by atoms with Gasteiger partial charge in [0.1, 0.15) is 23.7 Å². The molecule has 2 aliphatic heterocycles. The molecule has 2 aliphatic rings. The lowest BCUT2D eigenvalue weighted by atomic mass is 10.0. The summed E-state index contributed by atoms with van der Waals surface area (Å²) in [5, 5.41) is 0. The lowest BCUT2D eigenvalue weighted by Crippen LogP contribution is -2.07. The zero-order valence-corrected chi connectivity index (χ0v) is 17.8. The van der Waals surface area contributed by atoms with Crippen LogP contribution < -0.4 is 9.47 Å². The molecule has 0 spiro atoms. The maximum Gasteiger partial charge on any atom is 0.189 e. The number of ether oxygens (including phenoxy) is 6. The Kier molecular flexibility index (Phi) is 6.65. The number of epoxide rings is 2. The van der Waals surface area contributed by atoms with E-state index >= 15 is 0 Å². The molecule has 0 saturated carbocycles. The Hall–Kier alpha value is -2.90. The second kappa shape index (κ2) is 10.1. The van der Waals surface area contributed by atoms with Gasteiger partial charge in [0, 0.05) is 0 Å². The Morgan fingerprint density at radius 3 is 1.16 bits per heavy atom. The number of hydrogen-bond acceptors (Lipinski definition) is 6. The van der Waals surface area contributed by atoms with Crippen molar-refractivity contribution < 1.29 is 28.4 Å². The first-order chi connectivity index (χ1) is 15.8. The molecule has 2 fully saturated rings. The fourth-order valence-corrected chi connectivity index (χ4v) is 3.25. The van der Waals surface area contributed by atoms with Gasteiger partial charge in [0.2, 0.25) is 0 Å². The molecule has 2 saturated heterocycles. The van der Waals surface area contributed by atoms with E-state index in [0.717, 1.165) is 47.0 Å². The van der Waals surface area contributed by atoms with Crippen LogP contribution in [0.1, 0.15) is 0 Å². The SMILES string of the molecule is c1cc(-c2ccc(-c3ccc(OCOCC4CO4)cc3)cc2)ccc1OCOCC1CO1. The van der Waals surface area contributed by atoms with Crippen molar-refractivity contribution in [3.63, 3.8) is 0 Å². The van der Waals surface area contributed by atoms with Crippen LogP contribution in [-0.4, -0.2) is 52.2 Å². The zero-order valence-electron chi connectivity index (χ0n) is 17.8. The Labute approximate surface area is 187 Å². The number of rotatable bonds is 12. The average molecular weight is 434 g/mol. The first-order valence-corrected chi connectivity index (χ1v) is 10.8. The minimum absolute atomic E-state index is 0.236. The summed E-state index contributed by atoms with van der Waals surface area (Å²) >= 11 is 0. The highest BCUT2D eigenvalue weighted by Gasteiger charge is 2.22. The Morgan fingerprint density at radius 2 is 0.844 bits per heavy atom. The van der Waals surface area contributed by atoms with Crippen LogP contribution in [0.2, 0.25) is 0 Å². The molecule has 2 atom stereocenters. The van der Waals surface area contributed by atoms with Crippen molar-refractivity contribution in [3.05, 3.63) is 72.8 Å². The molecule has 0 radical (unpaired) electrons. The monoisotopic (exact) mass is 434 g/mol. The summed E-state index contributed by atoms with van der Waals surface area (Å²) in [7, 11) is 0. The smallest absolute Gasteiger partial charge is 0.189 e. The van der Waals surface area contributed by atoms with Gasteiger partial charge >= 0.3 is 0 Å². The summed E-state index contributed by atoms with van der Waals surface area (Å²) in [6.45, 7) is 3.23. The predicted octanol–water partition coefficient (Wildman–Crippen LogP) is 4.52. The van der Waals surface area contributed by atoms with Crippen LogP contribution in [0.4, 0.5) is 0 Å². The molecule has 3 aromatic rings. The molecule has 5 rings (SSSR count). The maximum atomic E-state index is 5.60. The van der Waals surface area contributed by atoms with E-state index < -0.39 is 0 Å². The third-order valence-corrected chi connectivity index (χ3v) is 5.29. The summed E-state index contributed by atoms with van der Waals surface area (Å²) in [6.07, 6.45) is 0.504. The normalized spacial score (nSPS) is 18.9. The second-order valence-electron chi connectivity index (χ2n) is 7.80. The molecule has 6 heteroatoms. The standard InChI is InChI=1S/C26H26O6/c1-2-20(22-7-11-24(12-8-22)32-18-28-14-26-16-30-26)4-3-19(1)21-5-9-23(10-6-21)31-17-27-13-25-15-29-25/h1-12,25-26H,13-18H2. The number of benzene rings is 3. The van der Waals surface area contributed by atoms with Crippen molar-refractivity contribution in [2.24, 2.45) is 0 Å². The van der Waals surface area contributed by atoms with E-state index in [-0.39, 0.29) is 25.8 Å². The van der Waals surface area contributed by atoms with Gasteiger partial charge in [0.15, 0.2) is 13.6 Å². The van der Waals surface area contributed by atoms with Crippen molar-refractivity contribution in [1.29, 1.82) is 0 Å². The summed E-state index contributed by atoms with van der Waals surface area (Å²) in [6, 6.07) is 24.6. The molecule has 0 bridgehead atoms. The molecule has 6 nitrogen and oxygen atoms in total. The fraction of sp³-hybridized carbons (Fsp3) is 0.308. The lowest BCUT2D eigenvalue weighted by Gasteiger charge is -2.09. The molecular formula is C26H26O6. The lowest BCUT2D eigenvalue weighted by molar-refractivity contribution is 0.00810. The van der Waals surface area contributed by atoms with E-state index in [4.69, 9.17) is 28.4 Å². The Balaban J connectivity index is 1.12. The van der Waals surface area contributed by atoms with E-state index in [0.29, 0.717) is 13.2 Å². The largest absolute Gasteiger partial charge is 0.468 e. The van der Waals surface area contributed by atoms with Crippen LogP contribution in [-0.2, 0) is 18.9 Å². The Bertz CT molecular complexity index is 894. The highest BCUT2D eigenvalue weighted by Crippen LogP contribution is 2.27. The van der Waals surface area contributed by atoms with Crippen molar-refractivity contribution in [2.75, 3.05) is 40.0 Å². The first-order valence-electron chi connectivity index (χ1n) is 10.8. The maximum absolute atomic E-state index is 5.60. The van der Waals surface area contributed by atoms with Gasteiger partial charge < -0.3 is 28.4 Å². The topological polar surface area (TPSA) is 62.0 Å². The van der Waals surface area contributed by atoms with Gasteiger partial charge in [0.05, 0.1) is 26.4 Å². The number of hydrogen-bond donors (Lipinski definition) is 0. The van der Waals surface area contributed by atoms with Gasteiger partial charge in [0.25, 0.3) is 0 Å². The molecule has 2 heterocycles. The molecule has 0 aromatic heterocycles. The molecule has 0 aliphatic carbocycles. The van der Waals surface area contributed by atoms with E-state index in [9.17, 15) is 0 Å². The van der Waals surface area contributed by atoms with Crippen LogP contribution in [0.3, 0.4) is 0 Å². The van der Waals surface area contributed by atoms with Gasteiger partial charge in [-0.2, -0.15) is 0 Å². The van der Waals surface area contributed by atoms with Crippen molar-refractivity contribution in [1.82, 2.24) is 0 Å². The van der Waals surface area contributed by atoms with Crippen molar-refractivity contribution >= 4 is 0 Å². The van der Waals surface area contributed by atoms with Gasteiger partial charge in [-0.15, -0.1) is 0 Å². The summed E-state index contributed by atoms with van der Waals surface area (Å²) in [5.41, 5.74) is 4.58. The van der Waals surface area contributed by atoms with Crippen LogP contribution in [0.5, 0.6) is 11.5 Å². The molecule has 0 N–H and O–H groups in total. The summed E-state index contributed by atoms with van der Waals surface area (Å²) in [4.78, 5) is 0. The summed E-state index contributed by atoms with van der Waals surface area (Å²) < 4.78 is 32.2. The molecule has 166 valence electrons. The van der Waals surface area contributed by atoms with E-state index in [1.807, 2.05) is 24.3 Å². The second-order valence-corrected chi connectivity index (χ2v) is 7.80. The molecular weight excluding hydrogens is 408 g/mol. The Morgan fingerprint density at radius 1 is 0.531 bits per heavy atom. The van der Waals surface area contributed by atoms with Gasteiger partial charge in [-0.25, -0.2) is 0 Å².